The third-order valence-electron chi connectivity index (χ3n) is 2.58. The summed E-state index contributed by atoms with van der Waals surface area (Å²) in [4.78, 5) is 10.6. The van der Waals surface area contributed by atoms with Crippen molar-refractivity contribution >= 4 is 16.0 Å². The van der Waals surface area contributed by atoms with Gasteiger partial charge in [-0.3, -0.25) is 4.79 Å². The number of nitrogens with zero attached hydrogens (tertiary/aromatic N) is 1. The number of rotatable bonds is 6. The summed E-state index contributed by atoms with van der Waals surface area (Å²) in [5, 5.41) is 17.3. The van der Waals surface area contributed by atoms with Crippen LogP contribution in [-0.2, 0) is 14.8 Å². The van der Waals surface area contributed by atoms with E-state index < -0.39 is 21.9 Å². The van der Waals surface area contributed by atoms with E-state index >= 15 is 0 Å². The van der Waals surface area contributed by atoms with Crippen LogP contribution in [0.15, 0.2) is 29.2 Å². The van der Waals surface area contributed by atoms with Gasteiger partial charge in [0, 0.05) is 6.54 Å². The number of hydrogen-bond acceptors (Lipinski definition) is 4. The molecule has 1 aromatic rings. The van der Waals surface area contributed by atoms with Crippen molar-refractivity contribution in [2.75, 3.05) is 6.54 Å². The van der Waals surface area contributed by atoms with Gasteiger partial charge in [-0.2, -0.15) is 5.26 Å². The maximum absolute atomic E-state index is 11.8. The highest BCUT2D eigenvalue weighted by atomic mass is 32.2. The Morgan fingerprint density at radius 2 is 2.00 bits per heavy atom. The maximum atomic E-state index is 11.8. The first kappa shape index (κ1) is 15.1. The van der Waals surface area contributed by atoms with Gasteiger partial charge >= 0.3 is 5.97 Å². The molecule has 1 aromatic carbocycles. The third kappa shape index (κ3) is 4.35. The fraction of sp³-hybridized carbons (Fsp3) is 0.333. The number of benzene rings is 1. The van der Waals surface area contributed by atoms with Gasteiger partial charge in [-0.15, -0.1) is 0 Å². The van der Waals surface area contributed by atoms with E-state index in [1.165, 1.54) is 31.2 Å². The van der Waals surface area contributed by atoms with Gasteiger partial charge in [-0.1, -0.05) is 6.92 Å². The fourth-order valence-corrected chi connectivity index (χ4v) is 2.37. The van der Waals surface area contributed by atoms with Crippen molar-refractivity contribution in [1.82, 2.24) is 4.72 Å². The molecule has 0 aliphatic heterocycles. The molecule has 0 heterocycles. The summed E-state index contributed by atoms with van der Waals surface area (Å²) >= 11 is 0. The molecule has 0 fully saturated rings. The zero-order valence-corrected chi connectivity index (χ0v) is 11.1. The summed E-state index contributed by atoms with van der Waals surface area (Å²) in [5.74, 6) is -1.57. The van der Waals surface area contributed by atoms with Crippen LogP contribution in [0.25, 0.3) is 0 Å². The highest BCUT2D eigenvalue weighted by Crippen LogP contribution is 2.10. The lowest BCUT2D eigenvalue weighted by atomic mass is 10.1. The first-order valence-electron chi connectivity index (χ1n) is 5.59. The van der Waals surface area contributed by atoms with Crippen LogP contribution in [0.2, 0.25) is 0 Å². The second kappa shape index (κ2) is 6.31. The summed E-state index contributed by atoms with van der Waals surface area (Å²) in [6.07, 6.45) is 0.213. The van der Waals surface area contributed by atoms with Gasteiger partial charge < -0.3 is 5.11 Å². The molecule has 19 heavy (non-hydrogen) atoms. The number of carboxylic acid groups (broad SMARTS) is 1. The highest BCUT2D eigenvalue weighted by Gasteiger charge is 2.15. The third-order valence-corrected chi connectivity index (χ3v) is 4.06. The molecule has 0 amide bonds. The summed E-state index contributed by atoms with van der Waals surface area (Å²) < 4.78 is 26.0. The lowest BCUT2D eigenvalue weighted by Gasteiger charge is -2.08. The van der Waals surface area contributed by atoms with Crippen molar-refractivity contribution in [3.8, 4) is 6.07 Å². The van der Waals surface area contributed by atoms with E-state index in [9.17, 15) is 13.2 Å². The average Bonchev–Trinajstić information content (AvgIpc) is 2.38. The van der Waals surface area contributed by atoms with Crippen molar-refractivity contribution < 1.29 is 18.3 Å². The number of hydrogen-bond donors (Lipinski definition) is 2. The van der Waals surface area contributed by atoms with Crippen molar-refractivity contribution in [2.45, 2.75) is 18.2 Å². The van der Waals surface area contributed by atoms with Gasteiger partial charge in [-0.25, -0.2) is 13.1 Å². The predicted octanol–water partition coefficient (Wildman–Crippen LogP) is 0.947. The van der Waals surface area contributed by atoms with Crippen molar-refractivity contribution in [3.05, 3.63) is 29.8 Å². The van der Waals surface area contributed by atoms with Gasteiger partial charge in [-0.05, 0) is 30.7 Å². The highest BCUT2D eigenvalue weighted by molar-refractivity contribution is 7.89. The van der Waals surface area contributed by atoms with Crippen molar-refractivity contribution in [1.29, 1.82) is 5.26 Å². The Kier molecular flexibility index (Phi) is 5.03. The second-order valence-electron chi connectivity index (χ2n) is 4.06. The number of carbonyl (C=O) groups is 1. The standard InChI is InChI=1S/C12H14N2O4S/c1-9(12(15)16)6-7-14-19(17,18)11-4-2-10(8-13)3-5-11/h2-5,9,14H,6-7H2,1H3,(H,15,16). The quantitative estimate of drug-likeness (QED) is 0.807. The molecule has 0 aliphatic carbocycles. The number of carboxylic acids is 1. The van der Waals surface area contributed by atoms with Crippen LogP contribution in [0.1, 0.15) is 18.9 Å². The molecule has 0 radical (unpaired) electrons. The summed E-state index contributed by atoms with van der Waals surface area (Å²) in [7, 11) is -3.66. The lowest BCUT2D eigenvalue weighted by molar-refractivity contribution is -0.141. The predicted molar refractivity (Wildman–Crippen MR) is 67.8 cm³/mol. The Morgan fingerprint density at radius 3 is 2.47 bits per heavy atom. The topological polar surface area (TPSA) is 107 Å². The van der Waals surface area contributed by atoms with Gasteiger partial charge in [0.1, 0.15) is 0 Å². The van der Waals surface area contributed by atoms with E-state index in [1.807, 2.05) is 6.07 Å². The van der Waals surface area contributed by atoms with E-state index in [4.69, 9.17) is 10.4 Å². The van der Waals surface area contributed by atoms with Crippen LogP contribution < -0.4 is 4.72 Å². The first-order valence-corrected chi connectivity index (χ1v) is 7.08. The molecule has 0 saturated carbocycles. The normalized spacial score (nSPS) is 12.6. The zero-order valence-electron chi connectivity index (χ0n) is 10.3. The van der Waals surface area contributed by atoms with Crippen molar-refractivity contribution in [2.24, 2.45) is 5.92 Å². The molecule has 6 nitrogen and oxygen atoms in total. The SMILES string of the molecule is CC(CCNS(=O)(=O)c1ccc(C#N)cc1)C(=O)O. The van der Waals surface area contributed by atoms with E-state index in [0.717, 1.165) is 0 Å². The molecule has 1 unspecified atom stereocenters. The molecule has 1 atom stereocenters. The number of nitriles is 1. The maximum Gasteiger partial charge on any atom is 0.306 e. The minimum atomic E-state index is -3.66. The van der Waals surface area contributed by atoms with Gasteiger partial charge in [0.15, 0.2) is 0 Å². The minimum absolute atomic E-state index is 0.0504. The summed E-state index contributed by atoms with van der Waals surface area (Å²) in [6, 6.07) is 7.39. The molecule has 102 valence electrons. The molecule has 7 heteroatoms. The molecule has 0 bridgehead atoms. The number of aliphatic carboxylic acids is 1. The largest absolute Gasteiger partial charge is 0.481 e. The molecule has 2 N–H and O–H groups in total. The monoisotopic (exact) mass is 282 g/mol. The lowest BCUT2D eigenvalue weighted by Crippen LogP contribution is -2.27. The van der Waals surface area contributed by atoms with E-state index in [-0.39, 0.29) is 17.9 Å². The minimum Gasteiger partial charge on any atom is -0.481 e. The van der Waals surface area contributed by atoms with Crippen LogP contribution in [0.4, 0.5) is 0 Å². The van der Waals surface area contributed by atoms with Crippen LogP contribution in [0.5, 0.6) is 0 Å². The van der Waals surface area contributed by atoms with Crippen LogP contribution in [0, 0.1) is 17.2 Å². The van der Waals surface area contributed by atoms with E-state index in [0.29, 0.717) is 5.56 Å². The Bertz CT molecular complexity index is 587. The molecule has 0 spiro atoms. The Labute approximate surface area is 111 Å². The van der Waals surface area contributed by atoms with Gasteiger partial charge in [0.05, 0.1) is 22.4 Å². The molecule has 0 saturated heterocycles. The number of nitrogens with one attached hydrogen (secondary N) is 1. The van der Waals surface area contributed by atoms with Gasteiger partial charge in [0.25, 0.3) is 0 Å². The molecule has 0 aromatic heterocycles. The second-order valence-corrected chi connectivity index (χ2v) is 5.83. The molecular weight excluding hydrogens is 268 g/mol. The Balaban J connectivity index is 2.66. The molecule has 0 aliphatic rings. The van der Waals surface area contributed by atoms with Crippen molar-refractivity contribution in [3.63, 3.8) is 0 Å². The van der Waals surface area contributed by atoms with E-state index in [2.05, 4.69) is 4.72 Å². The van der Waals surface area contributed by atoms with E-state index in [1.54, 1.807) is 0 Å². The average molecular weight is 282 g/mol. The fourth-order valence-electron chi connectivity index (χ4n) is 1.33. The smallest absolute Gasteiger partial charge is 0.306 e. The Morgan fingerprint density at radius 1 is 1.42 bits per heavy atom. The molecule has 1 rings (SSSR count). The zero-order chi connectivity index (χ0) is 14.5. The van der Waals surface area contributed by atoms with Crippen LogP contribution >= 0.6 is 0 Å². The summed E-state index contributed by atoms with van der Waals surface area (Å²) in [5.41, 5.74) is 0.374. The number of sulfonamides is 1. The van der Waals surface area contributed by atoms with Gasteiger partial charge in [0.2, 0.25) is 10.0 Å². The summed E-state index contributed by atoms with van der Waals surface area (Å²) in [6.45, 7) is 1.56. The first-order chi connectivity index (χ1) is 8.86. The van der Waals surface area contributed by atoms with Crippen LogP contribution in [-0.4, -0.2) is 26.0 Å². The molecular formula is C12H14N2O4S. The Hall–Kier alpha value is -1.91. The van der Waals surface area contributed by atoms with Crippen LogP contribution in [0.3, 0.4) is 0 Å².